The van der Waals surface area contributed by atoms with E-state index in [4.69, 9.17) is 16.3 Å². The zero-order chi connectivity index (χ0) is 16.1. The van der Waals surface area contributed by atoms with E-state index in [0.717, 1.165) is 24.2 Å². The van der Waals surface area contributed by atoms with Gasteiger partial charge in [-0.25, -0.2) is 4.98 Å². The van der Waals surface area contributed by atoms with E-state index in [-0.39, 0.29) is 6.04 Å². The van der Waals surface area contributed by atoms with Gasteiger partial charge in [-0.1, -0.05) is 48.0 Å². The van der Waals surface area contributed by atoms with Gasteiger partial charge in [-0.05, 0) is 18.1 Å². The molecule has 0 spiro atoms. The van der Waals surface area contributed by atoms with Crippen molar-refractivity contribution in [3.8, 4) is 0 Å². The predicted octanol–water partition coefficient (Wildman–Crippen LogP) is 3.06. The SMILES string of the molecule is OC(CC1COCCN1Cc1cccnc1Cl)c1ccccc1. The number of halogens is 1. The normalized spacial score (nSPS) is 20.3. The molecule has 1 N–H and O–H groups in total. The number of nitrogens with zero attached hydrogens (tertiary/aromatic N) is 2. The van der Waals surface area contributed by atoms with Gasteiger partial charge in [0.2, 0.25) is 0 Å². The van der Waals surface area contributed by atoms with Crippen molar-refractivity contribution in [2.45, 2.75) is 25.1 Å². The van der Waals surface area contributed by atoms with Crippen molar-refractivity contribution >= 4 is 11.6 Å². The van der Waals surface area contributed by atoms with Crippen molar-refractivity contribution in [1.82, 2.24) is 9.88 Å². The number of rotatable bonds is 5. The molecule has 0 aliphatic carbocycles. The molecule has 2 aromatic rings. The summed E-state index contributed by atoms with van der Waals surface area (Å²) in [4.78, 5) is 6.45. The van der Waals surface area contributed by atoms with Crippen molar-refractivity contribution in [2.75, 3.05) is 19.8 Å². The molecule has 0 radical (unpaired) electrons. The molecule has 1 aliphatic heterocycles. The monoisotopic (exact) mass is 332 g/mol. The molecule has 5 heteroatoms. The van der Waals surface area contributed by atoms with Crippen LogP contribution in [0.2, 0.25) is 5.15 Å². The molecule has 2 unspecified atom stereocenters. The third-order valence-corrected chi connectivity index (χ3v) is 4.58. The second-order valence-electron chi connectivity index (χ2n) is 5.81. The fraction of sp³-hybridized carbons (Fsp3) is 0.389. The average Bonchev–Trinajstić information content (AvgIpc) is 2.59. The summed E-state index contributed by atoms with van der Waals surface area (Å²) in [7, 11) is 0. The summed E-state index contributed by atoms with van der Waals surface area (Å²) in [5.41, 5.74) is 1.95. The van der Waals surface area contributed by atoms with Gasteiger partial charge < -0.3 is 9.84 Å². The average molecular weight is 333 g/mol. The van der Waals surface area contributed by atoms with Gasteiger partial charge in [-0.3, -0.25) is 4.90 Å². The molecule has 1 aromatic heterocycles. The summed E-state index contributed by atoms with van der Waals surface area (Å²) in [5.74, 6) is 0. The predicted molar refractivity (Wildman–Crippen MR) is 90.3 cm³/mol. The highest BCUT2D eigenvalue weighted by Crippen LogP contribution is 2.24. The zero-order valence-electron chi connectivity index (χ0n) is 12.9. The Labute approximate surface area is 141 Å². The van der Waals surface area contributed by atoms with Crippen molar-refractivity contribution in [3.05, 3.63) is 64.9 Å². The Hall–Kier alpha value is -1.46. The number of morpholine rings is 1. The standard InChI is InChI=1S/C18H21ClN2O2/c19-18-15(7-4-8-20-18)12-21-9-10-23-13-16(21)11-17(22)14-5-2-1-3-6-14/h1-8,16-17,22H,9-13H2. The van der Waals surface area contributed by atoms with Gasteiger partial charge in [0.1, 0.15) is 5.15 Å². The highest BCUT2D eigenvalue weighted by Gasteiger charge is 2.26. The van der Waals surface area contributed by atoms with Crippen LogP contribution < -0.4 is 0 Å². The summed E-state index contributed by atoms with van der Waals surface area (Å²) < 4.78 is 5.62. The van der Waals surface area contributed by atoms with Gasteiger partial charge in [-0.2, -0.15) is 0 Å². The van der Waals surface area contributed by atoms with E-state index >= 15 is 0 Å². The molecule has 3 rings (SSSR count). The number of aliphatic hydroxyl groups is 1. The topological polar surface area (TPSA) is 45.6 Å². The second kappa shape index (κ2) is 7.88. The van der Waals surface area contributed by atoms with Crippen molar-refractivity contribution in [1.29, 1.82) is 0 Å². The maximum atomic E-state index is 10.5. The van der Waals surface area contributed by atoms with Crippen molar-refractivity contribution < 1.29 is 9.84 Å². The van der Waals surface area contributed by atoms with Crippen molar-refractivity contribution in [2.24, 2.45) is 0 Å². The summed E-state index contributed by atoms with van der Waals surface area (Å²) in [6.07, 6.45) is 1.85. The van der Waals surface area contributed by atoms with Gasteiger partial charge in [0.15, 0.2) is 0 Å². The van der Waals surface area contributed by atoms with Gasteiger partial charge in [0.05, 0.1) is 19.3 Å². The number of benzene rings is 1. The number of pyridine rings is 1. The van der Waals surface area contributed by atoms with Crippen LogP contribution in [-0.2, 0) is 11.3 Å². The summed E-state index contributed by atoms with van der Waals surface area (Å²) in [5, 5.41) is 11.0. The van der Waals surface area contributed by atoms with Crippen LogP contribution in [0.5, 0.6) is 0 Å². The van der Waals surface area contributed by atoms with E-state index < -0.39 is 6.10 Å². The van der Waals surface area contributed by atoms with Gasteiger partial charge in [-0.15, -0.1) is 0 Å². The first-order valence-corrected chi connectivity index (χ1v) is 8.26. The zero-order valence-corrected chi connectivity index (χ0v) is 13.7. The molecule has 1 aromatic carbocycles. The molecular weight excluding hydrogens is 312 g/mol. The molecule has 1 fully saturated rings. The lowest BCUT2D eigenvalue weighted by Crippen LogP contribution is -2.45. The Morgan fingerprint density at radius 2 is 2.09 bits per heavy atom. The highest BCUT2D eigenvalue weighted by atomic mass is 35.5. The van der Waals surface area contributed by atoms with Crippen LogP contribution in [0.4, 0.5) is 0 Å². The Morgan fingerprint density at radius 3 is 2.87 bits per heavy atom. The minimum Gasteiger partial charge on any atom is -0.388 e. The van der Waals surface area contributed by atoms with E-state index in [0.29, 0.717) is 24.8 Å². The molecule has 1 saturated heterocycles. The molecule has 1 aliphatic rings. The Bertz CT molecular complexity index is 623. The summed E-state index contributed by atoms with van der Waals surface area (Å²) >= 11 is 6.17. The first-order valence-electron chi connectivity index (χ1n) is 7.88. The fourth-order valence-corrected chi connectivity index (χ4v) is 3.12. The lowest BCUT2D eigenvalue weighted by Gasteiger charge is -2.36. The summed E-state index contributed by atoms with van der Waals surface area (Å²) in [6.45, 7) is 2.89. The van der Waals surface area contributed by atoms with E-state index in [1.54, 1.807) is 6.20 Å². The number of aromatic nitrogens is 1. The quantitative estimate of drug-likeness (QED) is 0.855. The third kappa shape index (κ3) is 4.30. The van der Waals surface area contributed by atoms with E-state index in [1.165, 1.54) is 0 Å². The minimum absolute atomic E-state index is 0.162. The fourth-order valence-electron chi connectivity index (χ4n) is 2.94. The molecule has 23 heavy (non-hydrogen) atoms. The van der Waals surface area contributed by atoms with Crippen LogP contribution in [0.1, 0.15) is 23.7 Å². The maximum Gasteiger partial charge on any atom is 0.133 e. The Balaban J connectivity index is 1.68. The molecule has 0 amide bonds. The molecular formula is C18H21ClN2O2. The van der Waals surface area contributed by atoms with Crippen LogP contribution in [0.25, 0.3) is 0 Å². The molecule has 2 heterocycles. The molecule has 2 atom stereocenters. The van der Waals surface area contributed by atoms with E-state index in [9.17, 15) is 5.11 Å². The largest absolute Gasteiger partial charge is 0.388 e. The first-order chi connectivity index (χ1) is 11.2. The minimum atomic E-state index is -0.491. The maximum absolute atomic E-state index is 10.5. The first kappa shape index (κ1) is 16.4. The van der Waals surface area contributed by atoms with Gasteiger partial charge in [0.25, 0.3) is 0 Å². The number of hydrogen-bond donors (Lipinski definition) is 1. The molecule has 122 valence electrons. The number of aliphatic hydroxyl groups excluding tert-OH is 1. The van der Waals surface area contributed by atoms with Crippen LogP contribution in [0, 0.1) is 0 Å². The number of ether oxygens (including phenoxy) is 1. The van der Waals surface area contributed by atoms with Crippen LogP contribution >= 0.6 is 11.6 Å². The lowest BCUT2D eigenvalue weighted by atomic mass is 10.0. The van der Waals surface area contributed by atoms with Crippen molar-refractivity contribution in [3.63, 3.8) is 0 Å². The smallest absolute Gasteiger partial charge is 0.133 e. The Kier molecular flexibility index (Phi) is 5.62. The molecule has 4 nitrogen and oxygen atoms in total. The second-order valence-corrected chi connectivity index (χ2v) is 6.17. The van der Waals surface area contributed by atoms with E-state index in [2.05, 4.69) is 9.88 Å². The molecule has 0 saturated carbocycles. The van der Waals surface area contributed by atoms with Gasteiger partial charge >= 0.3 is 0 Å². The van der Waals surface area contributed by atoms with Gasteiger partial charge in [0, 0.05) is 30.9 Å². The molecule has 0 bridgehead atoms. The lowest BCUT2D eigenvalue weighted by molar-refractivity contribution is -0.0300. The third-order valence-electron chi connectivity index (χ3n) is 4.24. The van der Waals surface area contributed by atoms with Crippen LogP contribution in [0.3, 0.4) is 0 Å². The number of hydrogen-bond acceptors (Lipinski definition) is 4. The van der Waals surface area contributed by atoms with Crippen LogP contribution in [-0.4, -0.2) is 40.8 Å². The summed E-state index contributed by atoms with van der Waals surface area (Å²) in [6, 6.07) is 13.8. The Morgan fingerprint density at radius 1 is 1.26 bits per heavy atom. The van der Waals surface area contributed by atoms with Crippen LogP contribution in [0.15, 0.2) is 48.7 Å². The highest BCUT2D eigenvalue weighted by molar-refractivity contribution is 6.30. The van der Waals surface area contributed by atoms with E-state index in [1.807, 2.05) is 42.5 Å².